The lowest BCUT2D eigenvalue weighted by Gasteiger charge is -2.08. The second-order valence-electron chi connectivity index (χ2n) is 6.39. The molecule has 9 heteroatoms. The molecule has 0 unspecified atom stereocenters. The van der Waals surface area contributed by atoms with E-state index in [2.05, 4.69) is 4.98 Å². The minimum Gasteiger partial charge on any atom is -0.506 e. The molecule has 3 aromatic carbocycles. The quantitative estimate of drug-likeness (QED) is 0.247. The van der Waals surface area contributed by atoms with Crippen molar-refractivity contribution in [3.05, 3.63) is 65.0 Å². The van der Waals surface area contributed by atoms with Crippen LogP contribution >= 0.6 is 11.3 Å². The first-order chi connectivity index (χ1) is 13.8. The van der Waals surface area contributed by atoms with Gasteiger partial charge in [0.05, 0.1) is 15.8 Å². The van der Waals surface area contributed by atoms with Crippen LogP contribution in [0.5, 0.6) is 5.75 Å². The molecule has 0 amide bonds. The average molecular weight is 425 g/mol. The Kier molecular flexibility index (Phi) is 3.75. The summed E-state index contributed by atoms with van der Waals surface area (Å²) in [6.07, 6.45) is 0. The molecule has 5 aromatic rings. The Morgan fingerprint density at radius 2 is 1.72 bits per heavy atom. The Labute approximate surface area is 167 Å². The molecule has 7 nitrogen and oxygen atoms in total. The Bertz CT molecular complexity index is 1580. The van der Waals surface area contributed by atoms with Gasteiger partial charge in [-0.3, -0.25) is 4.55 Å². The third kappa shape index (κ3) is 2.79. The molecule has 0 saturated heterocycles. The molecule has 0 radical (unpaired) electrons. The third-order valence-electron chi connectivity index (χ3n) is 4.65. The zero-order valence-electron chi connectivity index (χ0n) is 14.5. The Morgan fingerprint density at radius 1 is 0.966 bits per heavy atom. The summed E-state index contributed by atoms with van der Waals surface area (Å²) in [5.41, 5.74) is 0.769. The van der Waals surface area contributed by atoms with Gasteiger partial charge in [0.1, 0.15) is 21.2 Å². The first-order valence-electron chi connectivity index (χ1n) is 8.39. The van der Waals surface area contributed by atoms with Gasteiger partial charge in [-0.2, -0.15) is 8.42 Å². The number of para-hydroxylation sites is 1. The van der Waals surface area contributed by atoms with Crippen molar-refractivity contribution in [3.63, 3.8) is 0 Å². The number of fused-ring (bicyclic) bond motifs is 4. The van der Waals surface area contributed by atoms with E-state index in [1.807, 2.05) is 24.3 Å². The smallest absolute Gasteiger partial charge is 0.346 e. The summed E-state index contributed by atoms with van der Waals surface area (Å²) < 4.78 is 38.6. The van der Waals surface area contributed by atoms with Crippen molar-refractivity contribution < 1.29 is 22.5 Å². The lowest BCUT2D eigenvalue weighted by molar-refractivity contribution is 0.448. The van der Waals surface area contributed by atoms with Crippen molar-refractivity contribution in [1.82, 2.24) is 4.98 Å². The number of nitrogens with zero attached hydrogens (tertiary/aromatic N) is 1. The monoisotopic (exact) mass is 425 g/mol. The van der Waals surface area contributed by atoms with Crippen LogP contribution in [0.3, 0.4) is 0 Å². The Morgan fingerprint density at radius 3 is 2.48 bits per heavy atom. The van der Waals surface area contributed by atoms with Crippen LogP contribution in [0.1, 0.15) is 0 Å². The first-order valence-corrected chi connectivity index (χ1v) is 10.6. The Hall–Kier alpha value is -3.27. The molecule has 144 valence electrons. The van der Waals surface area contributed by atoms with Gasteiger partial charge in [-0.25, -0.2) is 9.78 Å². The number of benzene rings is 3. The topological polar surface area (TPSA) is 118 Å². The van der Waals surface area contributed by atoms with Crippen LogP contribution in [0.2, 0.25) is 0 Å². The standard InChI is InChI=1S/C20H11NO6S2/c22-18-11-5-7-15-12(10(11)6-8-17(18)29(24,25)26)9-13(20(23)27-15)19-21-14-3-1-2-4-16(14)28-19/h1-9,22H,(H,24,25,26). The number of phenols is 1. The van der Waals surface area contributed by atoms with E-state index in [9.17, 15) is 22.9 Å². The van der Waals surface area contributed by atoms with Gasteiger partial charge in [0, 0.05) is 10.8 Å². The normalized spacial score (nSPS) is 12.2. The van der Waals surface area contributed by atoms with E-state index in [1.165, 1.54) is 29.5 Å². The molecule has 0 aliphatic carbocycles. The lowest BCUT2D eigenvalue weighted by Crippen LogP contribution is -2.03. The number of aromatic nitrogens is 1. The van der Waals surface area contributed by atoms with E-state index in [-0.39, 0.29) is 16.5 Å². The van der Waals surface area contributed by atoms with Crippen molar-refractivity contribution in [2.45, 2.75) is 4.90 Å². The number of aromatic hydroxyl groups is 1. The molecule has 0 saturated carbocycles. The maximum absolute atomic E-state index is 12.5. The van der Waals surface area contributed by atoms with Crippen molar-refractivity contribution in [2.75, 3.05) is 0 Å². The van der Waals surface area contributed by atoms with Crippen molar-refractivity contribution in [3.8, 4) is 16.3 Å². The fraction of sp³-hybridized carbons (Fsp3) is 0. The third-order valence-corrected chi connectivity index (χ3v) is 6.61. The molecule has 0 atom stereocenters. The fourth-order valence-corrected chi connectivity index (χ4v) is 4.88. The van der Waals surface area contributed by atoms with E-state index in [4.69, 9.17) is 4.42 Å². The summed E-state index contributed by atoms with van der Waals surface area (Å²) in [6.45, 7) is 0. The minimum atomic E-state index is -4.58. The average Bonchev–Trinajstić information content (AvgIpc) is 3.10. The van der Waals surface area contributed by atoms with Crippen molar-refractivity contribution >= 4 is 53.4 Å². The van der Waals surface area contributed by atoms with Crippen molar-refractivity contribution in [2.24, 2.45) is 0 Å². The van der Waals surface area contributed by atoms with Crippen LogP contribution in [0.4, 0.5) is 0 Å². The van der Waals surface area contributed by atoms with Crippen LogP contribution in [-0.2, 0) is 10.1 Å². The predicted octanol–water partition coefficient (Wildman–Crippen LogP) is 4.18. The molecule has 29 heavy (non-hydrogen) atoms. The summed E-state index contributed by atoms with van der Waals surface area (Å²) in [6, 6.07) is 14.6. The molecule has 0 aliphatic heterocycles. The second kappa shape index (κ2) is 6.11. The zero-order valence-corrected chi connectivity index (χ0v) is 16.1. The number of hydrogen-bond acceptors (Lipinski definition) is 7. The largest absolute Gasteiger partial charge is 0.506 e. The predicted molar refractivity (Wildman–Crippen MR) is 110 cm³/mol. The first kappa shape index (κ1) is 17.8. The Balaban J connectivity index is 1.83. The summed E-state index contributed by atoms with van der Waals surface area (Å²) >= 11 is 1.35. The minimum absolute atomic E-state index is 0.205. The highest BCUT2D eigenvalue weighted by Crippen LogP contribution is 2.37. The van der Waals surface area contributed by atoms with Gasteiger partial charge in [0.15, 0.2) is 0 Å². The van der Waals surface area contributed by atoms with Gasteiger partial charge >= 0.3 is 5.63 Å². The highest BCUT2D eigenvalue weighted by molar-refractivity contribution is 7.86. The number of phenolic OH excluding ortho intramolecular Hbond substituents is 1. The zero-order chi connectivity index (χ0) is 20.3. The van der Waals surface area contributed by atoms with E-state index < -0.39 is 26.4 Å². The van der Waals surface area contributed by atoms with E-state index in [1.54, 1.807) is 6.07 Å². The van der Waals surface area contributed by atoms with Gasteiger partial charge in [-0.1, -0.05) is 18.2 Å². The lowest BCUT2D eigenvalue weighted by atomic mass is 10.0. The summed E-state index contributed by atoms with van der Waals surface area (Å²) in [5.74, 6) is -0.570. The molecule has 2 aromatic heterocycles. The maximum atomic E-state index is 12.5. The molecule has 2 heterocycles. The van der Waals surface area contributed by atoms with Gasteiger partial charge in [0.25, 0.3) is 10.1 Å². The molecule has 0 bridgehead atoms. The van der Waals surface area contributed by atoms with Gasteiger partial charge in [-0.05, 0) is 41.8 Å². The van der Waals surface area contributed by atoms with Crippen LogP contribution < -0.4 is 5.63 Å². The molecular formula is C20H11NO6S2. The van der Waals surface area contributed by atoms with Crippen LogP contribution in [0.25, 0.3) is 42.5 Å². The van der Waals surface area contributed by atoms with Crippen molar-refractivity contribution in [1.29, 1.82) is 0 Å². The second-order valence-corrected chi connectivity index (χ2v) is 8.81. The number of rotatable bonds is 2. The maximum Gasteiger partial charge on any atom is 0.346 e. The molecule has 0 fully saturated rings. The number of hydrogen-bond donors (Lipinski definition) is 2. The highest BCUT2D eigenvalue weighted by Gasteiger charge is 2.20. The molecular weight excluding hydrogens is 414 g/mol. The van der Waals surface area contributed by atoms with Crippen LogP contribution in [0.15, 0.2) is 68.7 Å². The molecule has 2 N–H and O–H groups in total. The summed E-state index contributed by atoms with van der Waals surface area (Å²) in [4.78, 5) is 16.4. The van der Waals surface area contributed by atoms with E-state index in [0.717, 1.165) is 16.3 Å². The van der Waals surface area contributed by atoms with E-state index in [0.29, 0.717) is 15.8 Å². The fourth-order valence-electron chi connectivity index (χ4n) is 3.31. The molecule has 5 rings (SSSR count). The van der Waals surface area contributed by atoms with Gasteiger partial charge < -0.3 is 9.52 Å². The van der Waals surface area contributed by atoms with Crippen LogP contribution in [0, 0.1) is 0 Å². The molecule has 0 aliphatic rings. The van der Waals surface area contributed by atoms with Gasteiger partial charge in [-0.15, -0.1) is 11.3 Å². The summed E-state index contributed by atoms with van der Waals surface area (Å²) in [5, 5.41) is 12.0. The number of thiazole rings is 1. The van der Waals surface area contributed by atoms with E-state index >= 15 is 0 Å². The SMILES string of the molecule is O=c1oc2ccc3c(O)c(S(=O)(=O)O)ccc3c2cc1-c1nc2ccccc2s1. The van der Waals surface area contributed by atoms with Gasteiger partial charge in [0.2, 0.25) is 0 Å². The van der Waals surface area contributed by atoms with Crippen LogP contribution in [-0.4, -0.2) is 23.1 Å². The summed E-state index contributed by atoms with van der Waals surface area (Å²) in [7, 11) is -4.58. The molecule has 0 spiro atoms. The highest BCUT2D eigenvalue weighted by atomic mass is 32.2.